The minimum atomic E-state index is -0.793. The van der Waals surface area contributed by atoms with E-state index in [1.54, 1.807) is 6.08 Å². The number of fused-ring (bicyclic) bond motifs is 1. The average Bonchev–Trinajstić information content (AvgIpc) is 2.88. The van der Waals surface area contributed by atoms with Crippen LogP contribution in [0.5, 0.6) is 0 Å². The Labute approximate surface area is 136 Å². The summed E-state index contributed by atoms with van der Waals surface area (Å²) in [5.41, 5.74) is 0.587. The quantitative estimate of drug-likeness (QED) is 0.907. The van der Waals surface area contributed by atoms with Crippen LogP contribution >= 0.6 is 0 Å². The van der Waals surface area contributed by atoms with E-state index in [0.29, 0.717) is 25.9 Å². The Balaban J connectivity index is 1.92. The van der Waals surface area contributed by atoms with Gasteiger partial charge in [-0.15, -0.1) is 0 Å². The Bertz CT molecular complexity index is 622. The number of aliphatic carboxylic acids is 1. The molecule has 0 spiro atoms. The second kappa shape index (κ2) is 6.28. The highest BCUT2D eigenvalue weighted by atomic mass is 16.5. The highest BCUT2D eigenvalue weighted by molar-refractivity contribution is 5.91. The number of hydrogen-bond acceptors (Lipinski definition) is 3. The minimum Gasteiger partial charge on any atom is -0.481 e. The fourth-order valence-corrected chi connectivity index (χ4v) is 4.06. The zero-order valence-corrected chi connectivity index (χ0v) is 13.3. The van der Waals surface area contributed by atoms with Crippen molar-refractivity contribution in [3.8, 4) is 0 Å². The number of carbonyl (C=O) groups excluding carboxylic acids is 1. The van der Waals surface area contributed by atoms with Gasteiger partial charge in [-0.2, -0.15) is 0 Å². The summed E-state index contributed by atoms with van der Waals surface area (Å²) in [5.74, 6) is -1.37. The molecule has 0 amide bonds. The molecule has 0 bridgehead atoms. The molecule has 4 nitrogen and oxygen atoms in total. The fraction of sp³-hybridized carbons (Fsp3) is 0.474. The number of ketones is 1. The van der Waals surface area contributed by atoms with Gasteiger partial charge < -0.3 is 9.84 Å². The monoisotopic (exact) mass is 314 g/mol. The number of carboxylic acids is 1. The zero-order chi connectivity index (χ0) is 16.4. The Hall–Kier alpha value is -1.94. The second-order valence-electron chi connectivity index (χ2n) is 6.56. The van der Waals surface area contributed by atoms with E-state index in [1.165, 1.54) is 0 Å². The molecule has 1 aromatic rings. The van der Waals surface area contributed by atoms with Crippen molar-refractivity contribution in [3.05, 3.63) is 48.0 Å². The van der Waals surface area contributed by atoms with Crippen molar-refractivity contribution >= 4 is 11.8 Å². The summed E-state index contributed by atoms with van der Waals surface area (Å²) < 4.78 is 6.14. The van der Waals surface area contributed by atoms with Crippen LogP contribution in [0.3, 0.4) is 0 Å². The summed E-state index contributed by atoms with van der Waals surface area (Å²) in [6.07, 6.45) is 5.07. The van der Waals surface area contributed by atoms with Crippen LogP contribution in [-0.4, -0.2) is 29.1 Å². The Morgan fingerprint density at radius 3 is 2.78 bits per heavy atom. The molecule has 0 radical (unpaired) electrons. The maximum Gasteiger partial charge on any atom is 0.306 e. The van der Waals surface area contributed by atoms with Crippen molar-refractivity contribution in [1.29, 1.82) is 0 Å². The average molecular weight is 314 g/mol. The van der Waals surface area contributed by atoms with E-state index in [4.69, 9.17) is 4.74 Å². The molecule has 4 atom stereocenters. The highest BCUT2D eigenvalue weighted by Gasteiger charge is 2.53. The summed E-state index contributed by atoms with van der Waals surface area (Å²) in [6.45, 7) is 2.29. The van der Waals surface area contributed by atoms with Gasteiger partial charge in [0.1, 0.15) is 0 Å². The third kappa shape index (κ3) is 2.95. The normalized spacial score (nSPS) is 30.9. The molecule has 0 aromatic heterocycles. The lowest BCUT2D eigenvalue weighted by molar-refractivity contribution is -0.144. The Kier molecular flexibility index (Phi) is 4.35. The van der Waals surface area contributed by atoms with Gasteiger partial charge in [-0.1, -0.05) is 37.3 Å². The van der Waals surface area contributed by atoms with E-state index in [1.807, 2.05) is 43.3 Å². The molecular formula is C19H22O4. The topological polar surface area (TPSA) is 63.6 Å². The van der Waals surface area contributed by atoms with E-state index < -0.39 is 17.5 Å². The highest BCUT2D eigenvalue weighted by Crippen LogP contribution is 2.47. The first-order chi connectivity index (χ1) is 11.1. The first kappa shape index (κ1) is 15.9. The second-order valence-corrected chi connectivity index (χ2v) is 6.56. The number of allylic oxidation sites excluding steroid dienone is 1. The van der Waals surface area contributed by atoms with Gasteiger partial charge in [0.2, 0.25) is 0 Å². The molecule has 1 aliphatic carbocycles. The van der Waals surface area contributed by atoms with Crippen molar-refractivity contribution in [2.24, 2.45) is 17.8 Å². The van der Waals surface area contributed by atoms with Gasteiger partial charge in [-0.05, 0) is 24.1 Å². The van der Waals surface area contributed by atoms with Gasteiger partial charge in [0.15, 0.2) is 5.78 Å². The van der Waals surface area contributed by atoms with Crippen molar-refractivity contribution in [2.45, 2.75) is 31.8 Å². The van der Waals surface area contributed by atoms with Crippen LogP contribution in [0.2, 0.25) is 0 Å². The molecule has 1 fully saturated rings. The lowest BCUT2D eigenvalue weighted by Gasteiger charge is -2.36. The summed E-state index contributed by atoms with van der Waals surface area (Å²) in [7, 11) is 0. The summed E-state index contributed by atoms with van der Waals surface area (Å²) in [6, 6.07) is 10.0. The number of hydrogen-bond donors (Lipinski definition) is 1. The molecule has 4 unspecified atom stereocenters. The molecule has 0 saturated carbocycles. The molecule has 1 N–H and O–H groups in total. The maximum atomic E-state index is 11.9. The molecule has 3 rings (SSSR count). The molecule has 1 aliphatic heterocycles. The van der Waals surface area contributed by atoms with Crippen LogP contribution in [-0.2, 0) is 20.7 Å². The van der Waals surface area contributed by atoms with Crippen molar-refractivity contribution in [1.82, 2.24) is 0 Å². The first-order valence-electron chi connectivity index (χ1n) is 8.18. The molecule has 4 heteroatoms. The predicted molar refractivity (Wildman–Crippen MR) is 86.0 cm³/mol. The molecule has 1 saturated heterocycles. The van der Waals surface area contributed by atoms with Crippen molar-refractivity contribution < 1.29 is 19.4 Å². The largest absolute Gasteiger partial charge is 0.481 e. The van der Waals surface area contributed by atoms with Crippen molar-refractivity contribution in [3.63, 3.8) is 0 Å². The number of ether oxygens (including phenoxy) is 1. The zero-order valence-electron chi connectivity index (χ0n) is 13.3. The number of rotatable bonds is 5. The molecule has 23 heavy (non-hydrogen) atoms. The SMILES string of the molecule is CCC(C(=O)O)C1COC2(Cc3ccccc3)C=CC(=O)CC12. The van der Waals surface area contributed by atoms with Gasteiger partial charge >= 0.3 is 5.97 Å². The number of carboxylic acid groups (broad SMARTS) is 1. The van der Waals surface area contributed by atoms with Crippen LogP contribution in [0.15, 0.2) is 42.5 Å². The van der Waals surface area contributed by atoms with E-state index in [-0.39, 0.29) is 17.6 Å². The van der Waals surface area contributed by atoms with Crippen LogP contribution in [0.25, 0.3) is 0 Å². The first-order valence-corrected chi connectivity index (χ1v) is 8.18. The summed E-state index contributed by atoms with van der Waals surface area (Å²) in [5, 5.41) is 9.51. The van der Waals surface area contributed by atoms with E-state index >= 15 is 0 Å². The standard InChI is InChI=1S/C19H22O4/c1-2-15(18(21)22)16-12-23-19(9-8-14(20)10-17(16)19)11-13-6-4-3-5-7-13/h3-9,15-17H,2,10-12H2,1H3,(H,21,22). The molecule has 1 aromatic carbocycles. The molecular weight excluding hydrogens is 292 g/mol. The molecule has 1 heterocycles. The maximum absolute atomic E-state index is 11.9. The van der Waals surface area contributed by atoms with Crippen LogP contribution in [0.4, 0.5) is 0 Å². The number of benzene rings is 1. The van der Waals surface area contributed by atoms with Gasteiger partial charge in [-0.25, -0.2) is 0 Å². The Morgan fingerprint density at radius 2 is 2.13 bits per heavy atom. The van der Waals surface area contributed by atoms with E-state index in [2.05, 4.69) is 0 Å². The third-order valence-electron chi connectivity index (χ3n) is 5.26. The fourth-order valence-electron chi connectivity index (χ4n) is 4.06. The molecule has 2 aliphatic rings. The van der Waals surface area contributed by atoms with E-state index in [0.717, 1.165) is 5.56 Å². The summed E-state index contributed by atoms with van der Waals surface area (Å²) in [4.78, 5) is 23.5. The minimum absolute atomic E-state index is 0.0643. The van der Waals surface area contributed by atoms with Crippen LogP contribution in [0, 0.1) is 17.8 Å². The Morgan fingerprint density at radius 1 is 1.39 bits per heavy atom. The lowest BCUT2D eigenvalue weighted by atomic mass is 9.68. The predicted octanol–water partition coefficient (Wildman–Crippen LogP) is 2.87. The van der Waals surface area contributed by atoms with Gasteiger partial charge in [0.05, 0.1) is 18.1 Å². The van der Waals surface area contributed by atoms with Gasteiger partial charge in [0.25, 0.3) is 0 Å². The van der Waals surface area contributed by atoms with Crippen LogP contribution < -0.4 is 0 Å². The smallest absolute Gasteiger partial charge is 0.306 e. The summed E-state index contributed by atoms with van der Waals surface area (Å²) >= 11 is 0. The van der Waals surface area contributed by atoms with E-state index in [9.17, 15) is 14.7 Å². The van der Waals surface area contributed by atoms with Gasteiger partial charge in [-0.3, -0.25) is 9.59 Å². The number of carbonyl (C=O) groups is 2. The van der Waals surface area contributed by atoms with Crippen molar-refractivity contribution in [2.75, 3.05) is 6.61 Å². The third-order valence-corrected chi connectivity index (χ3v) is 5.26. The van der Waals surface area contributed by atoms with Crippen LogP contribution in [0.1, 0.15) is 25.3 Å². The van der Waals surface area contributed by atoms with Gasteiger partial charge in [0, 0.05) is 24.7 Å². The lowest BCUT2D eigenvalue weighted by Crippen LogP contribution is -2.43. The molecule has 122 valence electrons.